The van der Waals surface area contributed by atoms with Crippen molar-refractivity contribution in [2.24, 2.45) is 0 Å². The number of hydrogen-bond acceptors (Lipinski definition) is 5. The lowest BCUT2D eigenvalue weighted by molar-refractivity contribution is -0.384. The van der Waals surface area contributed by atoms with Gasteiger partial charge in [0, 0.05) is 31.6 Å². The van der Waals surface area contributed by atoms with Crippen LogP contribution >= 0.6 is 0 Å². The van der Waals surface area contributed by atoms with Gasteiger partial charge in [0.05, 0.1) is 9.82 Å². The number of sulfonamides is 1. The number of carbonyl (C=O) groups excluding carboxylic acids is 1. The molecule has 0 heterocycles. The largest absolute Gasteiger partial charge is 0.356 e. The fraction of sp³-hybridized carbons (Fsp3) is 0.533. The van der Waals surface area contributed by atoms with E-state index in [2.05, 4.69) is 17.0 Å². The maximum absolute atomic E-state index is 12.0. The number of hydrogen-bond donors (Lipinski definition) is 2. The smallest absolute Gasteiger partial charge is 0.269 e. The van der Waals surface area contributed by atoms with E-state index in [1.807, 2.05) is 0 Å². The third-order valence-corrected chi connectivity index (χ3v) is 4.81. The van der Waals surface area contributed by atoms with Gasteiger partial charge in [-0.3, -0.25) is 14.9 Å². The molecular formula is C15H23N3O5S. The Balaban J connectivity index is 2.35. The Morgan fingerprint density at radius 1 is 1.12 bits per heavy atom. The van der Waals surface area contributed by atoms with E-state index in [0.717, 1.165) is 31.4 Å². The molecule has 1 aromatic rings. The van der Waals surface area contributed by atoms with Gasteiger partial charge in [-0.25, -0.2) is 13.1 Å². The molecule has 9 heteroatoms. The highest BCUT2D eigenvalue weighted by molar-refractivity contribution is 7.89. The van der Waals surface area contributed by atoms with Crippen LogP contribution in [-0.4, -0.2) is 32.3 Å². The van der Waals surface area contributed by atoms with Gasteiger partial charge in [0.1, 0.15) is 0 Å². The van der Waals surface area contributed by atoms with Crippen LogP contribution in [-0.2, 0) is 14.8 Å². The molecule has 24 heavy (non-hydrogen) atoms. The number of nitrogens with zero attached hydrogens (tertiary/aromatic N) is 1. The third kappa shape index (κ3) is 7.05. The molecule has 0 radical (unpaired) electrons. The molecule has 0 bridgehead atoms. The molecule has 0 unspecified atom stereocenters. The fourth-order valence-corrected chi connectivity index (χ4v) is 3.05. The molecule has 0 aliphatic carbocycles. The Morgan fingerprint density at radius 2 is 1.79 bits per heavy atom. The summed E-state index contributed by atoms with van der Waals surface area (Å²) in [5.74, 6) is -0.0966. The van der Waals surface area contributed by atoms with Crippen LogP contribution in [0, 0.1) is 10.1 Å². The molecule has 0 fully saturated rings. The van der Waals surface area contributed by atoms with Gasteiger partial charge in [0.15, 0.2) is 0 Å². The molecule has 1 rings (SSSR count). The van der Waals surface area contributed by atoms with E-state index in [1.165, 1.54) is 12.1 Å². The Hall–Kier alpha value is -2.00. The molecule has 134 valence electrons. The molecule has 2 N–H and O–H groups in total. The van der Waals surface area contributed by atoms with Gasteiger partial charge < -0.3 is 5.32 Å². The highest BCUT2D eigenvalue weighted by atomic mass is 32.2. The number of nitro groups is 1. The molecule has 0 atom stereocenters. The van der Waals surface area contributed by atoms with Crippen LogP contribution in [0.15, 0.2) is 29.2 Å². The first kappa shape index (κ1) is 20.0. The number of nitro benzene ring substituents is 1. The second-order valence-electron chi connectivity index (χ2n) is 5.31. The summed E-state index contributed by atoms with van der Waals surface area (Å²) in [5, 5.41) is 13.3. The third-order valence-electron chi connectivity index (χ3n) is 3.33. The van der Waals surface area contributed by atoms with E-state index in [9.17, 15) is 23.3 Å². The predicted molar refractivity (Wildman–Crippen MR) is 90.1 cm³/mol. The Kier molecular flexibility index (Phi) is 8.34. The number of amides is 1. The molecule has 0 saturated carbocycles. The van der Waals surface area contributed by atoms with Crippen molar-refractivity contribution in [1.29, 1.82) is 0 Å². The van der Waals surface area contributed by atoms with Gasteiger partial charge in [-0.2, -0.15) is 0 Å². The van der Waals surface area contributed by atoms with Crippen LogP contribution in [0.3, 0.4) is 0 Å². The van der Waals surface area contributed by atoms with Crippen molar-refractivity contribution in [2.45, 2.75) is 43.9 Å². The molecule has 1 amide bonds. The molecule has 0 aliphatic rings. The van der Waals surface area contributed by atoms with Crippen LogP contribution in [0.2, 0.25) is 0 Å². The lowest BCUT2D eigenvalue weighted by Crippen LogP contribution is -2.28. The van der Waals surface area contributed by atoms with Gasteiger partial charge in [-0.15, -0.1) is 0 Å². The molecule has 0 spiro atoms. The number of carbonyl (C=O) groups is 1. The van der Waals surface area contributed by atoms with Crippen molar-refractivity contribution in [1.82, 2.24) is 10.0 Å². The van der Waals surface area contributed by atoms with Crippen LogP contribution < -0.4 is 10.0 Å². The lowest BCUT2D eigenvalue weighted by atomic mass is 10.2. The zero-order valence-electron chi connectivity index (χ0n) is 13.7. The van der Waals surface area contributed by atoms with Crippen molar-refractivity contribution < 1.29 is 18.1 Å². The molecule has 0 aromatic heterocycles. The quantitative estimate of drug-likeness (QED) is 0.356. The second-order valence-corrected chi connectivity index (χ2v) is 7.08. The van der Waals surface area contributed by atoms with Crippen LogP contribution in [0.25, 0.3) is 0 Å². The number of nitrogens with one attached hydrogen (secondary N) is 2. The minimum Gasteiger partial charge on any atom is -0.356 e. The Morgan fingerprint density at radius 3 is 2.38 bits per heavy atom. The lowest BCUT2D eigenvalue weighted by Gasteiger charge is -2.07. The van der Waals surface area contributed by atoms with Gasteiger partial charge >= 0.3 is 0 Å². The van der Waals surface area contributed by atoms with Crippen LogP contribution in [0.4, 0.5) is 5.69 Å². The summed E-state index contributed by atoms with van der Waals surface area (Å²) in [6.07, 6.45) is 3.71. The first-order chi connectivity index (χ1) is 11.4. The standard InChI is InChI=1S/C15H23N3O5S/c1-2-3-4-11-16-15(19)6-5-12-17-24(22,23)14-9-7-13(8-10-14)18(20)21/h7-10,17H,2-6,11-12H2,1H3,(H,16,19). The van der Waals surface area contributed by atoms with E-state index < -0.39 is 14.9 Å². The van der Waals surface area contributed by atoms with Crippen molar-refractivity contribution >= 4 is 21.6 Å². The summed E-state index contributed by atoms with van der Waals surface area (Å²) in [7, 11) is -3.73. The Labute approximate surface area is 141 Å². The van der Waals surface area contributed by atoms with Gasteiger partial charge in [-0.1, -0.05) is 19.8 Å². The topological polar surface area (TPSA) is 118 Å². The van der Waals surface area contributed by atoms with Crippen LogP contribution in [0.1, 0.15) is 39.0 Å². The molecule has 0 aliphatic heterocycles. The van der Waals surface area contributed by atoms with Crippen molar-refractivity contribution in [3.63, 3.8) is 0 Å². The highest BCUT2D eigenvalue weighted by Crippen LogP contribution is 2.15. The first-order valence-corrected chi connectivity index (χ1v) is 9.36. The summed E-state index contributed by atoms with van der Waals surface area (Å²) < 4.78 is 26.4. The van der Waals surface area contributed by atoms with E-state index in [-0.39, 0.29) is 29.5 Å². The van der Waals surface area contributed by atoms with Gasteiger partial charge in [-0.05, 0) is 25.0 Å². The fourth-order valence-electron chi connectivity index (χ4n) is 1.98. The Bertz CT molecular complexity index is 644. The van der Waals surface area contributed by atoms with Crippen molar-refractivity contribution in [2.75, 3.05) is 13.1 Å². The zero-order valence-corrected chi connectivity index (χ0v) is 14.5. The minimum atomic E-state index is -3.73. The second kappa shape index (κ2) is 9.99. The van der Waals surface area contributed by atoms with Crippen molar-refractivity contribution in [3.05, 3.63) is 34.4 Å². The minimum absolute atomic E-state index is 0.0443. The average molecular weight is 357 g/mol. The summed E-state index contributed by atoms with van der Waals surface area (Å²) in [6, 6.07) is 4.64. The normalized spacial score (nSPS) is 11.2. The van der Waals surface area contributed by atoms with Gasteiger partial charge in [0.25, 0.3) is 5.69 Å². The SMILES string of the molecule is CCCCCNC(=O)CCCNS(=O)(=O)c1ccc([N+](=O)[O-])cc1. The summed E-state index contributed by atoms with van der Waals surface area (Å²) in [5.41, 5.74) is -0.173. The average Bonchev–Trinajstić information content (AvgIpc) is 2.56. The maximum Gasteiger partial charge on any atom is 0.269 e. The molecule has 0 saturated heterocycles. The maximum atomic E-state index is 12.0. The molecular weight excluding hydrogens is 334 g/mol. The number of benzene rings is 1. The molecule has 8 nitrogen and oxygen atoms in total. The van der Waals surface area contributed by atoms with E-state index in [1.54, 1.807) is 0 Å². The summed E-state index contributed by atoms with van der Waals surface area (Å²) >= 11 is 0. The summed E-state index contributed by atoms with van der Waals surface area (Å²) in [4.78, 5) is 21.5. The zero-order chi connectivity index (χ0) is 18.0. The number of non-ortho nitro benzene ring substituents is 1. The van der Waals surface area contributed by atoms with Gasteiger partial charge in [0.2, 0.25) is 15.9 Å². The van der Waals surface area contributed by atoms with Crippen LogP contribution in [0.5, 0.6) is 0 Å². The first-order valence-electron chi connectivity index (χ1n) is 7.87. The predicted octanol–water partition coefficient (Wildman–Crippen LogP) is 1.96. The van der Waals surface area contributed by atoms with E-state index in [4.69, 9.17) is 0 Å². The summed E-state index contributed by atoms with van der Waals surface area (Å²) in [6.45, 7) is 2.85. The number of unbranched alkanes of at least 4 members (excludes halogenated alkanes) is 2. The van der Waals surface area contributed by atoms with E-state index in [0.29, 0.717) is 13.0 Å². The molecule has 1 aromatic carbocycles. The van der Waals surface area contributed by atoms with Crippen molar-refractivity contribution in [3.8, 4) is 0 Å². The number of rotatable bonds is 11. The monoisotopic (exact) mass is 357 g/mol. The van der Waals surface area contributed by atoms with E-state index >= 15 is 0 Å². The highest BCUT2D eigenvalue weighted by Gasteiger charge is 2.15.